The van der Waals surface area contributed by atoms with Crippen LogP contribution in [0.3, 0.4) is 0 Å². The van der Waals surface area contributed by atoms with E-state index in [1.807, 2.05) is 0 Å². The van der Waals surface area contributed by atoms with E-state index in [4.69, 9.17) is 4.74 Å². The van der Waals surface area contributed by atoms with Crippen molar-refractivity contribution in [2.45, 2.75) is 5.72 Å². The summed E-state index contributed by atoms with van der Waals surface area (Å²) in [4.78, 5) is 12.5. The molecule has 2 aliphatic rings. The summed E-state index contributed by atoms with van der Waals surface area (Å²) in [5.74, 6) is -0.129. The number of rotatable bonds is 0. The highest BCUT2D eigenvalue weighted by atomic mass is 16.5. The summed E-state index contributed by atoms with van der Waals surface area (Å²) in [5, 5.41) is 9.67. The first-order valence-corrected chi connectivity index (χ1v) is 3.53. The summed E-state index contributed by atoms with van der Waals surface area (Å²) in [5.41, 5.74) is -1.16. The lowest BCUT2D eigenvalue weighted by Gasteiger charge is -2.36. The number of aliphatic hydroxyl groups is 1. The van der Waals surface area contributed by atoms with E-state index in [2.05, 4.69) is 0 Å². The lowest BCUT2D eigenvalue weighted by Crippen LogP contribution is -2.54. The highest BCUT2D eigenvalue weighted by molar-refractivity contribution is 5.91. The second kappa shape index (κ2) is 2.06. The molecule has 0 bridgehead atoms. The van der Waals surface area contributed by atoms with Gasteiger partial charge in [0.05, 0.1) is 13.2 Å². The Bertz CT molecular complexity index is 226. The quantitative estimate of drug-likeness (QED) is 0.493. The van der Waals surface area contributed by atoms with E-state index < -0.39 is 5.72 Å². The van der Waals surface area contributed by atoms with Gasteiger partial charge in [-0.3, -0.25) is 4.79 Å². The van der Waals surface area contributed by atoms with Crippen molar-refractivity contribution in [2.24, 2.45) is 0 Å². The third-order valence-corrected chi connectivity index (χ3v) is 2.00. The SMILES string of the molecule is O=C1C=C[C@]2(O)COCCN12. The van der Waals surface area contributed by atoms with Crippen LogP contribution in [0.25, 0.3) is 0 Å². The van der Waals surface area contributed by atoms with Crippen LogP contribution in [0.4, 0.5) is 0 Å². The van der Waals surface area contributed by atoms with Gasteiger partial charge in [-0.1, -0.05) is 0 Å². The number of hydrogen-bond acceptors (Lipinski definition) is 3. The lowest BCUT2D eigenvalue weighted by atomic mass is 10.2. The number of ether oxygens (including phenoxy) is 1. The lowest BCUT2D eigenvalue weighted by molar-refractivity contribution is -0.168. The molecule has 2 heterocycles. The van der Waals surface area contributed by atoms with Crippen molar-refractivity contribution in [3.05, 3.63) is 12.2 Å². The van der Waals surface area contributed by atoms with Crippen molar-refractivity contribution in [3.8, 4) is 0 Å². The maximum atomic E-state index is 11.0. The number of amides is 1. The molecule has 11 heavy (non-hydrogen) atoms. The molecule has 4 heteroatoms. The van der Waals surface area contributed by atoms with Gasteiger partial charge in [0.2, 0.25) is 5.91 Å². The van der Waals surface area contributed by atoms with Crippen LogP contribution in [0.2, 0.25) is 0 Å². The summed E-state index contributed by atoms with van der Waals surface area (Å²) in [6.07, 6.45) is 2.86. The molecule has 1 amide bonds. The number of fused-ring (bicyclic) bond motifs is 1. The van der Waals surface area contributed by atoms with Gasteiger partial charge in [0.1, 0.15) is 0 Å². The Balaban J connectivity index is 2.27. The van der Waals surface area contributed by atoms with Crippen LogP contribution in [0.1, 0.15) is 0 Å². The molecule has 1 saturated heterocycles. The molecule has 0 aromatic carbocycles. The molecule has 1 fully saturated rings. The van der Waals surface area contributed by atoms with Crippen molar-refractivity contribution in [3.63, 3.8) is 0 Å². The molecule has 4 nitrogen and oxygen atoms in total. The largest absolute Gasteiger partial charge is 0.374 e. The first kappa shape index (κ1) is 6.82. The number of nitrogens with zero attached hydrogens (tertiary/aromatic N) is 1. The topological polar surface area (TPSA) is 49.8 Å². The summed E-state index contributed by atoms with van der Waals surface area (Å²) in [6, 6.07) is 0. The summed E-state index contributed by atoms with van der Waals surface area (Å²) in [7, 11) is 0. The molecule has 0 unspecified atom stereocenters. The Hall–Kier alpha value is -0.870. The minimum Gasteiger partial charge on any atom is -0.374 e. The number of morpholine rings is 1. The fourth-order valence-corrected chi connectivity index (χ4v) is 1.38. The monoisotopic (exact) mass is 155 g/mol. The second-order valence-electron chi connectivity index (χ2n) is 2.75. The Kier molecular flexibility index (Phi) is 1.27. The summed E-state index contributed by atoms with van der Waals surface area (Å²) in [6.45, 7) is 1.17. The van der Waals surface area contributed by atoms with Crippen molar-refractivity contribution >= 4 is 5.91 Å². The Morgan fingerprint density at radius 2 is 2.55 bits per heavy atom. The summed E-state index contributed by atoms with van der Waals surface area (Å²) >= 11 is 0. The molecule has 1 atom stereocenters. The molecule has 2 rings (SSSR count). The molecule has 60 valence electrons. The average molecular weight is 155 g/mol. The first-order chi connectivity index (χ1) is 5.22. The molecule has 0 aliphatic carbocycles. The molecule has 0 saturated carbocycles. The molecule has 0 spiro atoms. The van der Waals surface area contributed by atoms with Gasteiger partial charge in [-0.2, -0.15) is 0 Å². The molecule has 0 aromatic heterocycles. The minimum absolute atomic E-state index is 0.129. The van der Waals surface area contributed by atoms with E-state index in [0.29, 0.717) is 13.2 Å². The maximum absolute atomic E-state index is 11.0. The zero-order valence-corrected chi connectivity index (χ0v) is 5.99. The summed E-state index contributed by atoms with van der Waals surface area (Å²) < 4.78 is 5.04. The number of hydrogen-bond donors (Lipinski definition) is 1. The van der Waals surface area contributed by atoms with Crippen molar-refractivity contribution in [1.29, 1.82) is 0 Å². The molecular weight excluding hydrogens is 146 g/mol. The zero-order valence-electron chi connectivity index (χ0n) is 5.99. The normalized spacial score (nSPS) is 36.1. The van der Waals surface area contributed by atoms with Gasteiger partial charge in [-0.25, -0.2) is 0 Å². The predicted molar refractivity (Wildman–Crippen MR) is 36.6 cm³/mol. The molecule has 1 N–H and O–H groups in total. The molecule has 2 aliphatic heterocycles. The highest BCUT2D eigenvalue weighted by Crippen LogP contribution is 2.23. The van der Waals surface area contributed by atoms with Gasteiger partial charge in [-0.15, -0.1) is 0 Å². The molecular formula is C7H9NO3. The third kappa shape index (κ3) is 0.868. The second-order valence-corrected chi connectivity index (χ2v) is 2.75. The predicted octanol–water partition coefficient (Wildman–Crippen LogP) is -0.896. The van der Waals surface area contributed by atoms with Gasteiger partial charge in [0.15, 0.2) is 5.72 Å². The minimum atomic E-state index is -1.16. The van der Waals surface area contributed by atoms with Crippen LogP contribution < -0.4 is 0 Å². The van der Waals surface area contributed by atoms with Crippen LogP contribution in [-0.2, 0) is 9.53 Å². The van der Waals surface area contributed by atoms with E-state index in [1.165, 1.54) is 17.1 Å². The van der Waals surface area contributed by atoms with Gasteiger partial charge in [0.25, 0.3) is 0 Å². The van der Waals surface area contributed by atoms with E-state index in [1.54, 1.807) is 0 Å². The van der Waals surface area contributed by atoms with Crippen LogP contribution in [-0.4, -0.2) is 41.4 Å². The average Bonchev–Trinajstić information content (AvgIpc) is 2.29. The third-order valence-electron chi connectivity index (χ3n) is 2.00. The van der Waals surface area contributed by atoms with Crippen LogP contribution in [0.15, 0.2) is 12.2 Å². The highest BCUT2D eigenvalue weighted by Gasteiger charge is 2.41. The maximum Gasteiger partial charge on any atom is 0.249 e. The van der Waals surface area contributed by atoms with Gasteiger partial charge in [0, 0.05) is 12.6 Å². The molecule has 0 aromatic rings. The van der Waals surface area contributed by atoms with Gasteiger partial charge < -0.3 is 14.7 Å². The van der Waals surface area contributed by atoms with Crippen molar-refractivity contribution in [2.75, 3.05) is 19.8 Å². The van der Waals surface area contributed by atoms with Crippen LogP contribution in [0, 0.1) is 0 Å². The zero-order chi connectivity index (χ0) is 7.90. The van der Waals surface area contributed by atoms with E-state index in [9.17, 15) is 9.90 Å². The Labute approximate surface area is 64.1 Å². The standard InChI is InChI=1S/C7H9NO3/c9-6-1-2-7(10)5-11-4-3-8(6)7/h1-2,10H,3-5H2/t7-/m0/s1. The van der Waals surface area contributed by atoms with E-state index >= 15 is 0 Å². The Morgan fingerprint density at radius 1 is 1.73 bits per heavy atom. The fourth-order valence-electron chi connectivity index (χ4n) is 1.38. The van der Waals surface area contributed by atoms with Gasteiger partial charge >= 0.3 is 0 Å². The van der Waals surface area contributed by atoms with E-state index in [0.717, 1.165) is 0 Å². The fraction of sp³-hybridized carbons (Fsp3) is 0.571. The Morgan fingerprint density at radius 3 is 3.27 bits per heavy atom. The van der Waals surface area contributed by atoms with Crippen molar-refractivity contribution in [1.82, 2.24) is 4.90 Å². The first-order valence-electron chi connectivity index (χ1n) is 3.53. The molecule has 0 radical (unpaired) electrons. The number of carbonyl (C=O) groups excluding carboxylic acids is 1. The van der Waals surface area contributed by atoms with Crippen LogP contribution in [0.5, 0.6) is 0 Å². The number of carbonyl (C=O) groups is 1. The smallest absolute Gasteiger partial charge is 0.249 e. The van der Waals surface area contributed by atoms with Crippen molar-refractivity contribution < 1.29 is 14.6 Å². The van der Waals surface area contributed by atoms with E-state index in [-0.39, 0.29) is 12.5 Å². The van der Waals surface area contributed by atoms with Crippen LogP contribution >= 0.6 is 0 Å². The van der Waals surface area contributed by atoms with Gasteiger partial charge in [-0.05, 0) is 6.08 Å².